The van der Waals surface area contributed by atoms with E-state index in [1.807, 2.05) is 24.3 Å². The van der Waals surface area contributed by atoms with E-state index in [1.165, 1.54) is 4.58 Å². The van der Waals surface area contributed by atoms with Gasteiger partial charge in [-0.2, -0.15) is 4.79 Å². The number of urea groups is 1. The molecule has 1 aliphatic rings. The van der Waals surface area contributed by atoms with Crippen molar-refractivity contribution in [1.82, 2.24) is 5.32 Å². The highest BCUT2D eigenvalue weighted by atomic mass is 16.5. The van der Waals surface area contributed by atoms with Crippen LogP contribution in [0.1, 0.15) is 18.4 Å². The summed E-state index contributed by atoms with van der Waals surface area (Å²) in [7, 11) is 1.63. The molecule has 5 heteroatoms. The number of carbonyl (C=O) groups excluding carboxylic acids is 1. The van der Waals surface area contributed by atoms with E-state index in [2.05, 4.69) is 12.0 Å². The second-order valence-electron chi connectivity index (χ2n) is 4.91. The van der Waals surface area contributed by atoms with Gasteiger partial charge in [-0.1, -0.05) is 12.1 Å². The lowest BCUT2D eigenvalue weighted by molar-refractivity contribution is -0.437. The monoisotopic (exact) mass is 277 g/mol. The zero-order chi connectivity index (χ0) is 14.4. The number of hydrogen-bond acceptors (Lipinski definition) is 3. The fourth-order valence-corrected chi connectivity index (χ4v) is 2.14. The Kier molecular flexibility index (Phi) is 5.12. The van der Waals surface area contributed by atoms with Crippen molar-refractivity contribution in [2.45, 2.75) is 25.4 Å². The summed E-state index contributed by atoms with van der Waals surface area (Å²) in [5.41, 5.74) is 1.01. The topological polar surface area (TPSA) is 50.6 Å². The first-order valence-corrected chi connectivity index (χ1v) is 6.78. The van der Waals surface area contributed by atoms with Crippen LogP contribution in [0.15, 0.2) is 24.3 Å². The molecule has 0 bridgehead atoms. The first-order valence-electron chi connectivity index (χ1n) is 6.78. The summed E-state index contributed by atoms with van der Waals surface area (Å²) >= 11 is 0. The van der Waals surface area contributed by atoms with Crippen molar-refractivity contribution in [2.24, 2.45) is 0 Å². The van der Waals surface area contributed by atoms with Crippen LogP contribution in [0, 0.1) is 0 Å². The van der Waals surface area contributed by atoms with Crippen molar-refractivity contribution in [3.8, 4) is 5.75 Å². The van der Waals surface area contributed by atoms with Gasteiger partial charge in [0.2, 0.25) is 0 Å². The summed E-state index contributed by atoms with van der Waals surface area (Å²) in [6.45, 7) is 5.62. The van der Waals surface area contributed by atoms with E-state index in [1.54, 1.807) is 7.11 Å². The standard InChI is InChI=1S/C15H20N2O3/c1-17(10-12-5-7-14(19-2)8-6-12)15(18)16-13-4-3-9-20-11-13/h5-8,13H,1,3-4,9-11H2,2H3/p+1. The average molecular weight is 277 g/mol. The van der Waals surface area contributed by atoms with E-state index >= 15 is 0 Å². The highest BCUT2D eigenvalue weighted by Gasteiger charge is 2.23. The number of nitrogens with one attached hydrogen (secondary N) is 1. The summed E-state index contributed by atoms with van der Waals surface area (Å²) in [6.07, 6.45) is 1.95. The fraction of sp³-hybridized carbons (Fsp3) is 0.467. The molecule has 1 N–H and O–H groups in total. The van der Waals surface area contributed by atoms with Gasteiger partial charge in [0.1, 0.15) is 18.3 Å². The SMILES string of the molecule is C=[N+](Cc1ccc(OC)cc1)C(=O)NC1CCCOC1. The number of benzene rings is 1. The highest BCUT2D eigenvalue weighted by molar-refractivity contribution is 5.67. The van der Waals surface area contributed by atoms with Crippen LogP contribution in [-0.2, 0) is 11.3 Å². The van der Waals surface area contributed by atoms with E-state index in [0.29, 0.717) is 13.2 Å². The summed E-state index contributed by atoms with van der Waals surface area (Å²) < 4.78 is 11.9. The molecule has 20 heavy (non-hydrogen) atoms. The van der Waals surface area contributed by atoms with Crippen LogP contribution in [-0.4, -0.2) is 43.7 Å². The van der Waals surface area contributed by atoms with Crippen molar-refractivity contribution in [3.63, 3.8) is 0 Å². The quantitative estimate of drug-likeness (QED) is 0.674. The summed E-state index contributed by atoms with van der Waals surface area (Å²) in [6, 6.07) is 7.52. The number of carbonyl (C=O) groups is 1. The molecule has 1 saturated heterocycles. The van der Waals surface area contributed by atoms with Crippen LogP contribution >= 0.6 is 0 Å². The summed E-state index contributed by atoms with van der Waals surface area (Å²) in [4.78, 5) is 12.0. The van der Waals surface area contributed by atoms with Gasteiger partial charge in [0.15, 0.2) is 0 Å². The zero-order valence-corrected chi connectivity index (χ0v) is 11.8. The van der Waals surface area contributed by atoms with E-state index < -0.39 is 0 Å². The van der Waals surface area contributed by atoms with Crippen LogP contribution in [0.25, 0.3) is 0 Å². The lowest BCUT2D eigenvalue weighted by Gasteiger charge is -2.19. The van der Waals surface area contributed by atoms with Gasteiger partial charge in [-0.15, -0.1) is 0 Å². The Balaban J connectivity index is 1.84. The third-order valence-electron chi connectivity index (χ3n) is 3.31. The number of rotatable bonds is 4. The minimum Gasteiger partial charge on any atom is -0.497 e. The molecule has 1 aromatic carbocycles. The fourth-order valence-electron chi connectivity index (χ4n) is 2.14. The minimum absolute atomic E-state index is 0.0939. The third-order valence-corrected chi connectivity index (χ3v) is 3.31. The Labute approximate surface area is 119 Å². The second kappa shape index (κ2) is 7.05. The lowest BCUT2D eigenvalue weighted by Crippen LogP contribution is -2.44. The Bertz CT molecular complexity index is 465. The third kappa shape index (κ3) is 4.06. The molecule has 1 atom stereocenters. The summed E-state index contributed by atoms with van der Waals surface area (Å²) in [5.74, 6) is 0.799. The Hall–Kier alpha value is -1.88. The first-order chi connectivity index (χ1) is 9.69. The Morgan fingerprint density at radius 1 is 1.50 bits per heavy atom. The molecule has 108 valence electrons. The number of hydrogen-bond donors (Lipinski definition) is 1. The van der Waals surface area contributed by atoms with Crippen molar-refractivity contribution in [3.05, 3.63) is 29.8 Å². The molecule has 1 fully saturated rings. The maximum Gasteiger partial charge on any atom is 0.491 e. The van der Waals surface area contributed by atoms with E-state index in [4.69, 9.17) is 9.47 Å². The molecule has 0 saturated carbocycles. The minimum atomic E-state index is -0.170. The van der Waals surface area contributed by atoms with Crippen LogP contribution in [0.3, 0.4) is 0 Å². The van der Waals surface area contributed by atoms with E-state index in [-0.39, 0.29) is 12.1 Å². The van der Waals surface area contributed by atoms with Crippen molar-refractivity contribution >= 4 is 12.7 Å². The zero-order valence-electron chi connectivity index (χ0n) is 11.8. The van der Waals surface area contributed by atoms with E-state index in [0.717, 1.165) is 30.8 Å². The molecule has 0 spiro atoms. The van der Waals surface area contributed by atoms with Gasteiger partial charge in [0.25, 0.3) is 0 Å². The molecule has 0 radical (unpaired) electrons. The molecule has 1 aliphatic heterocycles. The van der Waals surface area contributed by atoms with Crippen LogP contribution in [0.2, 0.25) is 0 Å². The molecular formula is C15H21N2O3+. The number of nitrogens with zero attached hydrogens (tertiary/aromatic N) is 1. The molecular weight excluding hydrogens is 256 g/mol. The average Bonchev–Trinajstić information content (AvgIpc) is 2.49. The van der Waals surface area contributed by atoms with Gasteiger partial charge >= 0.3 is 6.03 Å². The smallest absolute Gasteiger partial charge is 0.491 e. The van der Waals surface area contributed by atoms with E-state index in [9.17, 15) is 4.79 Å². The summed E-state index contributed by atoms with van der Waals surface area (Å²) in [5, 5.41) is 2.94. The number of methoxy groups -OCH3 is 1. The highest BCUT2D eigenvalue weighted by Crippen LogP contribution is 2.12. The molecule has 0 aliphatic carbocycles. The normalized spacial score (nSPS) is 18.4. The molecule has 2 rings (SSSR count). The first kappa shape index (κ1) is 14.5. The van der Waals surface area contributed by atoms with Gasteiger partial charge in [-0.25, -0.2) is 9.89 Å². The number of ether oxygens (including phenoxy) is 2. The van der Waals surface area contributed by atoms with Crippen LogP contribution in [0.5, 0.6) is 5.75 Å². The lowest BCUT2D eigenvalue weighted by atomic mass is 10.1. The maximum atomic E-state index is 12.0. The van der Waals surface area contributed by atoms with Crippen molar-refractivity contribution < 1.29 is 18.8 Å². The Morgan fingerprint density at radius 2 is 2.25 bits per heavy atom. The maximum absolute atomic E-state index is 12.0. The number of amides is 2. The van der Waals surface area contributed by atoms with Gasteiger partial charge in [-0.05, 0) is 30.5 Å². The molecule has 1 unspecified atom stereocenters. The van der Waals surface area contributed by atoms with Gasteiger partial charge < -0.3 is 9.47 Å². The van der Waals surface area contributed by atoms with Gasteiger partial charge in [-0.3, -0.25) is 0 Å². The predicted molar refractivity (Wildman–Crippen MR) is 76.5 cm³/mol. The molecule has 2 amide bonds. The second-order valence-corrected chi connectivity index (χ2v) is 4.91. The van der Waals surface area contributed by atoms with Crippen LogP contribution in [0.4, 0.5) is 4.79 Å². The largest absolute Gasteiger partial charge is 0.497 e. The van der Waals surface area contributed by atoms with Crippen molar-refractivity contribution in [2.75, 3.05) is 20.3 Å². The van der Waals surface area contributed by atoms with Gasteiger partial charge in [0, 0.05) is 6.61 Å². The van der Waals surface area contributed by atoms with Crippen molar-refractivity contribution in [1.29, 1.82) is 0 Å². The molecule has 1 heterocycles. The van der Waals surface area contributed by atoms with Gasteiger partial charge in [0.05, 0.1) is 20.4 Å². The van der Waals surface area contributed by atoms with Crippen LogP contribution < -0.4 is 10.1 Å². The Morgan fingerprint density at radius 3 is 2.85 bits per heavy atom. The molecule has 1 aromatic rings. The molecule has 5 nitrogen and oxygen atoms in total. The molecule has 0 aromatic heterocycles. The predicted octanol–water partition coefficient (Wildman–Crippen LogP) is 1.80.